The zero-order valence-corrected chi connectivity index (χ0v) is 12.1. The van der Waals surface area contributed by atoms with E-state index in [1.165, 1.54) is 6.08 Å². The van der Waals surface area contributed by atoms with Gasteiger partial charge in [0.15, 0.2) is 0 Å². The molecular formula is C16H21NO3. The van der Waals surface area contributed by atoms with Gasteiger partial charge < -0.3 is 10.4 Å². The minimum absolute atomic E-state index is 0.00669. The topological polar surface area (TPSA) is 66.4 Å². The summed E-state index contributed by atoms with van der Waals surface area (Å²) in [7, 11) is 0. The van der Waals surface area contributed by atoms with Crippen molar-refractivity contribution in [1.82, 2.24) is 5.32 Å². The Kier molecular flexibility index (Phi) is 5.97. The van der Waals surface area contributed by atoms with E-state index in [1.807, 2.05) is 45.0 Å². The highest BCUT2D eigenvalue weighted by Crippen LogP contribution is 2.10. The second kappa shape index (κ2) is 7.48. The number of nitrogens with one attached hydrogen (secondary N) is 1. The third-order valence-electron chi connectivity index (χ3n) is 3.28. The number of carbonyl (C=O) groups is 2. The summed E-state index contributed by atoms with van der Waals surface area (Å²) in [5, 5.41) is 11.4. The molecule has 0 aliphatic carbocycles. The van der Waals surface area contributed by atoms with Crippen LogP contribution in [0, 0.1) is 11.8 Å². The zero-order valence-electron chi connectivity index (χ0n) is 12.1. The van der Waals surface area contributed by atoms with Gasteiger partial charge in [-0.05, 0) is 23.1 Å². The van der Waals surface area contributed by atoms with Gasteiger partial charge >= 0.3 is 5.97 Å². The minimum atomic E-state index is -0.969. The molecule has 1 atom stereocenters. The van der Waals surface area contributed by atoms with Gasteiger partial charge in [0.2, 0.25) is 5.91 Å². The molecule has 0 aliphatic heterocycles. The first-order valence-electron chi connectivity index (χ1n) is 6.68. The molecule has 0 aromatic heterocycles. The monoisotopic (exact) mass is 275 g/mol. The van der Waals surface area contributed by atoms with Gasteiger partial charge in [0.05, 0.1) is 0 Å². The normalized spacial score (nSPS) is 12.6. The third kappa shape index (κ3) is 5.26. The van der Waals surface area contributed by atoms with Crippen molar-refractivity contribution in [3.05, 3.63) is 41.5 Å². The maximum absolute atomic E-state index is 11.8. The quantitative estimate of drug-likeness (QED) is 0.784. The van der Waals surface area contributed by atoms with E-state index in [0.29, 0.717) is 12.5 Å². The van der Waals surface area contributed by atoms with Gasteiger partial charge in [-0.2, -0.15) is 0 Å². The molecule has 20 heavy (non-hydrogen) atoms. The molecule has 0 heterocycles. The van der Waals surface area contributed by atoms with Crippen LogP contribution in [0.5, 0.6) is 0 Å². The maximum Gasteiger partial charge on any atom is 0.328 e. The van der Waals surface area contributed by atoms with Gasteiger partial charge in [0.25, 0.3) is 0 Å². The van der Waals surface area contributed by atoms with Crippen LogP contribution >= 0.6 is 0 Å². The largest absolute Gasteiger partial charge is 0.478 e. The molecule has 1 aromatic carbocycles. The first-order valence-corrected chi connectivity index (χ1v) is 6.68. The number of carboxylic acids is 1. The second-order valence-electron chi connectivity index (χ2n) is 5.16. The molecule has 0 fully saturated rings. The van der Waals surface area contributed by atoms with E-state index in [-0.39, 0.29) is 11.8 Å². The van der Waals surface area contributed by atoms with Crippen molar-refractivity contribution >= 4 is 18.0 Å². The van der Waals surface area contributed by atoms with E-state index in [2.05, 4.69) is 5.32 Å². The van der Waals surface area contributed by atoms with Gasteiger partial charge in [0.1, 0.15) is 0 Å². The molecular weight excluding hydrogens is 254 g/mol. The molecule has 0 radical (unpaired) electrons. The molecule has 0 saturated carbocycles. The Morgan fingerprint density at radius 1 is 1.20 bits per heavy atom. The second-order valence-corrected chi connectivity index (χ2v) is 5.16. The van der Waals surface area contributed by atoms with E-state index in [4.69, 9.17) is 5.11 Å². The van der Waals surface area contributed by atoms with Crippen molar-refractivity contribution in [3.63, 3.8) is 0 Å². The van der Waals surface area contributed by atoms with E-state index in [0.717, 1.165) is 17.2 Å². The number of hydrogen-bond donors (Lipinski definition) is 2. The maximum atomic E-state index is 11.8. The van der Waals surface area contributed by atoms with Crippen LogP contribution in [0.25, 0.3) is 6.08 Å². The minimum Gasteiger partial charge on any atom is -0.478 e. The summed E-state index contributed by atoms with van der Waals surface area (Å²) in [6, 6.07) is 7.41. The molecule has 108 valence electrons. The Morgan fingerprint density at radius 3 is 2.30 bits per heavy atom. The highest BCUT2D eigenvalue weighted by atomic mass is 16.4. The predicted octanol–water partition coefficient (Wildman–Crippen LogP) is 2.69. The molecule has 1 rings (SSSR count). The van der Waals surface area contributed by atoms with Crippen LogP contribution in [0.1, 0.15) is 31.9 Å². The van der Waals surface area contributed by atoms with Crippen molar-refractivity contribution in [2.24, 2.45) is 11.8 Å². The number of benzene rings is 1. The lowest BCUT2D eigenvalue weighted by atomic mass is 9.97. The Labute approximate surface area is 119 Å². The summed E-state index contributed by atoms with van der Waals surface area (Å²) in [4.78, 5) is 22.2. The number of hydrogen-bond acceptors (Lipinski definition) is 2. The van der Waals surface area contributed by atoms with Crippen LogP contribution in [0.2, 0.25) is 0 Å². The fourth-order valence-corrected chi connectivity index (χ4v) is 1.57. The predicted molar refractivity (Wildman–Crippen MR) is 79.0 cm³/mol. The van der Waals surface area contributed by atoms with E-state index in [1.54, 1.807) is 0 Å². The number of carbonyl (C=O) groups excluding carboxylic acids is 1. The van der Waals surface area contributed by atoms with Crippen LogP contribution in [-0.2, 0) is 16.1 Å². The average molecular weight is 275 g/mol. The molecule has 4 heteroatoms. The van der Waals surface area contributed by atoms with Crippen LogP contribution in [0.15, 0.2) is 30.3 Å². The number of aliphatic carboxylic acids is 1. The molecule has 4 nitrogen and oxygen atoms in total. The first-order chi connectivity index (χ1) is 9.40. The standard InChI is InChI=1S/C16H21NO3/c1-11(2)12(3)16(20)17-10-14-6-4-13(5-7-14)8-9-15(18)19/h4-9,11-12H,10H2,1-3H3,(H,17,20)(H,18,19). The first kappa shape index (κ1) is 16.0. The van der Waals surface area contributed by atoms with Crippen LogP contribution < -0.4 is 5.32 Å². The molecule has 0 aliphatic rings. The number of carboxylic acid groups (broad SMARTS) is 1. The van der Waals surface area contributed by atoms with Crippen LogP contribution in [0.4, 0.5) is 0 Å². The van der Waals surface area contributed by atoms with Gasteiger partial charge in [-0.3, -0.25) is 4.79 Å². The van der Waals surface area contributed by atoms with Gasteiger partial charge in [-0.15, -0.1) is 0 Å². The van der Waals surface area contributed by atoms with Crippen LogP contribution in [-0.4, -0.2) is 17.0 Å². The molecule has 0 bridgehead atoms. The summed E-state index contributed by atoms with van der Waals surface area (Å²) in [6.45, 7) is 6.44. The fraction of sp³-hybridized carbons (Fsp3) is 0.375. The fourth-order valence-electron chi connectivity index (χ4n) is 1.57. The van der Waals surface area contributed by atoms with Crippen molar-refractivity contribution < 1.29 is 14.7 Å². The zero-order chi connectivity index (χ0) is 15.1. The van der Waals surface area contributed by atoms with Crippen molar-refractivity contribution in [1.29, 1.82) is 0 Å². The van der Waals surface area contributed by atoms with Gasteiger partial charge in [-0.1, -0.05) is 45.0 Å². The van der Waals surface area contributed by atoms with Gasteiger partial charge in [0, 0.05) is 18.5 Å². The van der Waals surface area contributed by atoms with E-state index >= 15 is 0 Å². The molecule has 0 saturated heterocycles. The highest BCUT2D eigenvalue weighted by Gasteiger charge is 2.15. The summed E-state index contributed by atoms with van der Waals surface area (Å²) in [5.41, 5.74) is 1.81. The van der Waals surface area contributed by atoms with Crippen molar-refractivity contribution in [2.75, 3.05) is 0 Å². The number of rotatable bonds is 6. The molecule has 2 N–H and O–H groups in total. The third-order valence-corrected chi connectivity index (χ3v) is 3.28. The highest BCUT2D eigenvalue weighted by molar-refractivity contribution is 5.85. The Hall–Kier alpha value is -2.10. The summed E-state index contributed by atoms with van der Waals surface area (Å²) < 4.78 is 0. The summed E-state index contributed by atoms with van der Waals surface area (Å²) in [5.74, 6) is -0.606. The summed E-state index contributed by atoms with van der Waals surface area (Å²) >= 11 is 0. The molecule has 1 amide bonds. The Balaban J connectivity index is 2.54. The summed E-state index contributed by atoms with van der Waals surface area (Å²) in [6.07, 6.45) is 2.63. The lowest BCUT2D eigenvalue weighted by molar-refractivity contribution is -0.131. The smallest absolute Gasteiger partial charge is 0.328 e. The molecule has 1 aromatic rings. The molecule has 0 spiro atoms. The van der Waals surface area contributed by atoms with Gasteiger partial charge in [-0.25, -0.2) is 4.79 Å². The van der Waals surface area contributed by atoms with Crippen molar-refractivity contribution in [2.45, 2.75) is 27.3 Å². The number of amides is 1. The van der Waals surface area contributed by atoms with E-state index in [9.17, 15) is 9.59 Å². The lowest BCUT2D eigenvalue weighted by Gasteiger charge is -2.15. The van der Waals surface area contributed by atoms with E-state index < -0.39 is 5.97 Å². The Bertz CT molecular complexity index is 489. The SMILES string of the molecule is CC(C)C(C)C(=O)NCc1ccc(C=CC(=O)O)cc1. The van der Waals surface area contributed by atoms with Crippen molar-refractivity contribution in [3.8, 4) is 0 Å². The molecule has 1 unspecified atom stereocenters. The lowest BCUT2D eigenvalue weighted by Crippen LogP contribution is -2.31. The average Bonchev–Trinajstić information content (AvgIpc) is 2.42. The van der Waals surface area contributed by atoms with Crippen LogP contribution in [0.3, 0.4) is 0 Å². The Morgan fingerprint density at radius 2 is 1.80 bits per heavy atom.